The van der Waals surface area contributed by atoms with E-state index in [4.69, 9.17) is 0 Å². The highest BCUT2D eigenvalue weighted by atomic mass is 14.4. The van der Waals surface area contributed by atoms with Crippen LogP contribution in [0.1, 0.15) is 79.1 Å². The molecule has 0 radical (unpaired) electrons. The molecule has 156 valence electrons. The van der Waals surface area contributed by atoms with Gasteiger partial charge in [0.05, 0.1) is 0 Å². The number of allylic oxidation sites excluding steroid dienone is 12. The molecule has 0 spiro atoms. The molecule has 29 heavy (non-hydrogen) atoms. The fourth-order valence-electron chi connectivity index (χ4n) is 6.34. The average Bonchev–Trinajstić information content (AvgIpc) is 2.78. The Balaban J connectivity index is 1.79. The minimum Gasteiger partial charge on any atom is -0.0882 e. The fourth-order valence-corrected chi connectivity index (χ4v) is 6.34. The zero-order chi connectivity index (χ0) is 20.4. The van der Waals surface area contributed by atoms with Crippen LogP contribution in [-0.4, -0.2) is 0 Å². The lowest BCUT2D eigenvalue weighted by atomic mass is 9.61. The second-order valence-electron chi connectivity index (χ2n) is 10.3. The minimum absolute atomic E-state index is 0.209. The zero-order valence-corrected chi connectivity index (χ0v) is 19.1. The topological polar surface area (TPSA) is 0 Å². The van der Waals surface area contributed by atoms with Gasteiger partial charge in [-0.25, -0.2) is 0 Å². The van der Waals surface area contributed by atoms with Crippen LogP contribution in [0.4, 0.5) is 0 Å². The van der Waals surface area contributed by atoms with E-state index in [1.165, 1.54) is 51.4 Å². The molecule has 0 heterocycles. The first-order valence-electron chi connectivity index (χ1n) is 12.1. The van der Waals surface area contributed by atoms with E-state index >= 15 is 0 Å². The minimum atomic E-state index is 0.209. The molecule has 0 bridgehead atoms. The lowest BCUT2D eigenvalue weighted by Gasteiger charge is -2.44. The molecule has 0 aliphatic heterocycles. The van der Waals surface area contributed by atoms with E-state index in [0.29, 0.717) is 5.92 Å². The van der Waals surface area contributed by atoms with Crippen molar-refractivity contribution >= 4 is 0 Å². The third-order valence-electron chi connectivity index (χ3n) is 8.46. The van der Waals surface area contributed by atoms with Crippen molar-refractivity contribution < 1.29 is 0 Å². The molecule has 0 nitrogen and oxygen atoms in total. The van der Waals surface area contributed by atoms with Crippen LogP contribution in [0.3, 0.4) is 0 Å². The summed E-state index contributed by atoms with van der Waals surface area (Å²) in [7, 11) is 0. The molecular weight excluding hydrogens is 348 g/mol. The highest BCUT2D eigenvalue weighted by molar-refractivity contribution is 5.51. The number of rotatable bonds is 4. The van der Waals surface area contributed by atoms with Crippen molar-refractivity contribution in [2.24, 2.45) is 29.1 Å². The highest BCUT2D eigenvalue weighted by Crippen LogP contribution is 2.52. The first kappa shape index (κ1) is 20.7. The van der Waals surface area contributed by atoms with E-state index in [9.17, 15) is 0 Å². The first-order valence-corrected chi connectivity index (χ1v) is 12.1. The molecule has 0 heteroatoms. The van der Waals surface area contributed by atoms with Gasteiger partial charge in [-0.2, -0.15) is 0 Å². The van der Waals surface area contributed by atoms with E-state index in [1.807, 2.05) is 0 Å². The Bertz CT molecular complexity index is 792. The molecule has 0 aromatic rings. The van der Waals surface area contributed by atoms with Crippen molar-refractivity contribution in [1.82, 2.24) is 0 Å². The summed E-state index contributed by atoms with van der Waals surface area (Å²) in [6, 6.07) is 0. The van der Waals surface area contributed by atoms with Gasteiger partial charge in [0.25, 0.3) is 0 Å². The predicted octanol–water partition coefficient (Wildman–Crippen LogP) is 8.51. The van der Waals surface area contributed by atoms with E-state index in [0.717, 1.165) is 17.8 Å². The molecule has 4 unspecified atom stereocenters. The van der Waals surface area contributed by atoms with Gasteiger partial charge in [0.2, 0.25) is 0 Å². The molecule has 0 fully saturated rings. The number of hydrogen-bond donors (Lipinski definition) is 0. The van der Waals surface area contributed by atoms with Gasteiger partial charge in [-0.05, 0) is 104 Å². The Morgan fingerprint density at radius 3 is 2.62 bits per heavy atom. The third-order valence-corrected chi connectivity index (χ3v) is 8.46. The maximum atomic E-state index is 2.55. The lowest BCUT2D eigenvalue weighted by molar-refractivity contribution is 0.296. The van der Waals surface area contributed by atoms with Crippen molar-refractivity contribution in [3.8, 4) is 0 Å². The van der Waals surface area contributed by atoms with Crippen LogP contribution in [-0.2, 0) is 0 Å². The quantitative estimate of drug-likeness (QED) is 0.423. The Hall–Kier alpha value is -1.56. The maximum absolute atomic E-state index is 2.55. The van der Waals surface area contributed by atoms with Crippen LogP contribution in [0, 0.1) is 29.1 Å². The van der Waals surface area contributed by atoms with Gasteiger partial charge in [0.1, 0.15) is 0 Å². The van der Waals surface area contributed by atoms with Gasteiger partial charge in [-0.3, -0.25) is 0 Å². The molecule has 0 aromatic carbocycles. The zero-order valence-electron chi connectivity index (χ0n) is 19.1. The van der Waals surface area contributed by atoms with Crippen LogP contribution >= 0.6 is 0 Å². The summed E-state index contributed by atoms with van der Waals surface area (Å²) in [4.78, 5) is 0. The largest absolute Gasteiger partial charge is 0.0882 e. The summed E-state index contributed by atoms with van der Waals surface area (Å²) < 4.78 is 0. The van der Waals surface area contributed by atoms with Crippen molar-refractivity contribution in [3.63, 3.8) is 0 Å². The average molecular weight is 389 g/mol. The molecule has 0 saturated carbocycles. The molecule has 0 amide bonds. The Labute approximate surface area is 179 Å². The Kier molecular flexibility index (Phi) is 6.19. The van der Waals surface area contributed by atoms with Crippen LogP contribution in [0.2, 0.25) is 0 Å². The van der Waals surface area contributed by atoms with Crippen LogP contribution < -0.4 is 0 Å². The van der Waals surface area contributed by atoms with Crippen LogP contribution in [0.5, 0.6) is 0 Å². The normalized spacial score (nSPS) is 33.8. The van der Waals surface area contributed by atoms with Crippen molar-refractivity contribution in [3.05, 3.63) is 70.9 Å². The second kappa shape index (κ2) is 8.66. The van der Waals surface area contributed by atoms with Crippen molar-refractivity contribution in [1.29, 1.82) is 0 Å². The summed E-state index contributed by atoms with van der Waals surface area (Å²) in [6.07, 6.45) is 29.5. The Morgan fingerprint density at radius 2 is 1.93 bits per heavy atom. The molecule has 0 saturated heterocycles. The molecule has 4 rings (SSSR count). The Morgan fingerprint density at radius 1 is 1.07 bits per heavy atom. The standard InChI is InChI=1S/C29H40/c1-5-22-20-27(23-14-8-6-9-15-23)25-18-12-13-19-26(25)28(22)21(2)29(3,4)24-16-10-7-11-17-24/h7-8,10-12,14,16,18,22-24,27H,5-6,9,13,15,17,19-20H2,1-4H3. The molecular formula is C29H40. The van der Waals surface area contributed by atoms with Crippen molar-refractivity contribution in [2.75, 3.05) is 0 Å². The van der Waals surface area contributed by atoms with Crippen molar-refractivity contribution in [2.45, 2.75) is 79.1 Å². The summed E-state index contributed by atoms with van der Waals surface area (Å²) in [5.41, 5.74) is 7.05. The summed E-state index contributed by atoms with van der Waals surface area (Å²) >= 11 is 0. The molecule has 4 aliphatic rings. The number of hydrogen-bond acceptors (Lipinski definition) is 0. The van der Waals surface area contributed by atoms with E-state index in [-0.39, 0.29) is 5.41 Å². The van der Waals surface area contributed by atoms with E-state index < -0.39 is 0 Å². The van der Waals surface area contributed by atoms with Gasteiger partial charge < -0.3 is 0 Å². The van der Waals surface area contributed by atoms with Gasteiger partial charge in [0.15, 0.2) is 0 Å². The summed E-state index contributed by atoms with van der Waals surface area (Å²) in [6.45, 7) is 9.87. The van der Waals surface area contributed by atoms with Crippen LogP contribution in [0.15, 0.2) is 70.9 Å². The fraction of sp³-hybridized carbons (Fsp3) is 0.586. The van der Waals surface area contributed by atoms with Gasteiger partial charge in [-0.15, -0.1) is 0 Å². The van der Waals surface area contributed by atoms with Gasteiger partial charge in [0, 0.05) is 0 Å². The molecule has 4 atom stereocenters. The summed E-state index contributed by atoms with van der Waals surface area (Å²) in [5.74, 6) is 2.83. The van der Waals surface area contributed by atoms with Crippen LogP contribution in [0.25, 0.3) is 0 Å². The summed E-state index contributed by atoms with van der Waals surface area (Å²) in [5, 5.41) is 0. The van der Waals surface area contributed by atoms with Gasteiger partial charge >= 0.3 is 0 Å². The highest BCUT2D eigenvalue weighted by Gasteiger charge is 2.39. The smallest absolute Gasteiger partial charge is 0.00756 e. The maximum Gasteiger partial charge on any atom is -0.00756 e. The van der Waals surface area contributed by atoms with Gasteiger partial charge in [-0.1, -0.05) is 75.0 Å². The molecule has 4 aliphatic carbocycles. The first-order chi connectivity index (χ1) is 14.0. The second-order valence-corrected chi connectivity index (χ2v) is 10.3. The van der Waals surface area contributed by atoms with E-state index in [1.54, 1.807) is 22.3 Å². The molecule has 0 N–H and O–H groups in total. The van der Waals surface area contributed by atoms with E-state index in [2.05, 4.69) is 76.3 Å². The monoisotopic (exact) mass is 388 g/mol. The SMILES string of the molecule is CCC1CC(C2C=CCCC2)C2=C(CCC=C2)C1=C(C)C(C)(C)C1C=CC=CC1. The molecule has 0 aromatic heterocycles. The third kappa shape index (κ3) is 3.92. The lowest BCUT2D eigenvalue weighted by Crippen LogP contribution is -2.32. The predicted molar refractivity (Wildman–Crippen MR) is 127 cm³/mol.